The number of rotatable bonds is 2. The summed E-state index contributed by atoms with van der Waals surface area (Å²) in [5.74, 6) is 0.497. The zero-order valence-corrected chi connectivity index (χ0v) is 13.1. The molecule has 2 aromatic heterocycles. The number of nitrogen functional groups attached to an aromatic ring is 1. The van der Waals surface area contributed by atoms with Crippen molar-refractivity contribution in [2.75, 3.05) is 23.7 Å². The molecule has 3 N–H and O–H groups in total. The highest BCUT2D eigenvalue weighted by Crippen LogP contribution is 2.34. The van der Waals surface area contributed by atoms with Crippen molar-refractivity contribution in [1.82, 2.24) is 19.7 Å². The molecule has 1 unspecified atom stereocenters. The smallest absolute Gasteiger partial charge is 0.229 e. The third-order valence-corrected chi connectivity index (χ3v) is 4.52. The summed E-state index contributed by atoms with van der Waals surface area (Å²) >= 11 is 0. The number of aliphatic hydroxyl groups is 1. The molecule has 8 heteroatoms. The van der Waals surface area contributed by atoms with Crippen molar-refractivity contribution in [3.63, 3.8) is 0 Å². The Morgan fingerprint density at radius 1 is 1.25 bits per heavy atom. The van der Waals surface area contributed by atoms with E-state index in [0.717, 1.165) is 0 Å². The molecule has 0 saturated carbocycles. The second-order valence-electron chi connectivity index (χ2n) is 6.12. The lowest BCUT2D eigenvalue weighted by atomic mass is 9.93. The first-order chi connectivity index (χ1) is 11.5. The van der Waals surface area contributed by atoms with E-state index in [4.69, 9.17) is 5.73 Å². The number of benzene rings is 1. The molecule has 124 valence electrons. The Kier molecular flexibility index (Phi) is 3.17. The van der Waals surface area contributed by atoms with Gasteiger partial charge >= 0.3 is 0 Å². The van der Waals surface area contributed by atoms with Crippen LogP contribution in [0.5, 0.6) is 0 Å². The molecule has 0 spiro atoms. The van der Waals surface area contributed by atoms with Crippen molar-refractivity contribution in [2.45, 2.75) is 12.0 Å². The molecular weight excluding hydrogens is 311 g/mol. The first-order valence-corrected chi connectivity index (χ1v) is 7.65. The Labute approximate surface area is 137 Å². The highest BCUT2D eigenvalue weighted by molar-refractivity contribution is 5.86. The van der Waals surface area contributed by atoms with Crippen LogP contribution in [0.15, 0.2) is 30.5 Å². The van der Waals surface area contributed by atoms with Gasteiger partial charge in [0.05, 0.1) is 18.1 Å². The number of nitrogens with two attached hydrogens (primary N) is 1. The summed E-state index contributed by atoms with van der Waals surface area (Å²) in [6.45, 7) is 0.901. The topological polar surface area (TPSA) is 93.1 Å². The standard InChI is InChI=1S/C16H17FN6O/c1-22-14-12(8-19-22)13(18)20-15(21-14)23-7-6-16(24,9-23)10-2-4-11(17)5-3-10/h2-5,8,24H,6-7,9H2,1H3,(H2,18,20,21). The van der Waals surface area contributed by atoms with E-state index in [1.54, 1.807) is 30.1 Å². The van der Waals surface area contributed by atoms with E-state index in [1.165, 1.54) is 12.1 Å². The van der Waals surface area contributed by atoms with E-state index in [9.17, 15) is 9.50 Å². The van der Waals surface area contributed by atoms with Crippen molar-refractivity contribution in [1.29, 1.82) is 0 Å². The monoisotopic (exact) mass is 328 g/mol. The zero-order valence-electron chi connectivity index (χ0n) is 13.1. The number of halogens is 1. The van der Waals surface area contributed by atoms with Gasteiger partial charge in [0.25, 0.3) is 0 Å². The van der Waals surface area contributed by atoms with Crippen molar-refractivity contribution >= 4 is 22.8 Å². The number of aromatic nitrogens is 4. The lowest BCUT2D eigenvalue weighted by molar-refractivity contribution is 0.0605. The van der Waals surface area contributed by atoms with Crippen LogP contribution in [-0.4, -0.2) is 37.9 Å². The predicted molar refractivity (Wildman–Crippen MR) is 87.8 cm³/mol. The van der Waals surface area contributed by atoms with Gasteiger partial charge in [-0.05, 0) is 24.1 Å². The average Bonchev–Trinajstić information content (AvgIpc) is 3.13. The van der Waals surface area contributed by atoms with Crippen LogP contribution in [0.1, 0.15) is 12.0 Å². The van der Waals surface area contributed by atoms with Gasteiger partial charge in [-0.3, -0.25) is 4.68 Å². The predicted octanol–water partition coefficient (Wildman–Crippen LogP) is 1.18. The molecule has 1 saturated heterocycles. The molecule has 1 aromatic carbocycles. The molecule has 24 heavy (non-hydrogen) atoms. The summed E-state index contributed by atoms with van der Waals surface area (Å²) in [7, 11) is 1.79. The number of hydrogen-bond donors (Lipinski definition) is 2. The maximum absolute atomic E-state index is 13.1. The maximum atomic E-state index is 13.1. The lowest BCUT2D eigenvalue weighted by Crippen LogP contribution is -2.31. The number of nitrogens with zero attached hydrogens (tertiary/aromatic N) is 5. The average molecular weight is 328 g/mol. The molecule has 3 aromatic rings. The summed E-state index contributed by atoms with van der Waals surface area (Å²) in [5.41, 5.74) is 6.27. The summed E-state index contributed by atoms with van der Waals surface area (Å²) in [6, 6.07) is 5.93. The fourth-order valence-corrected chi connectivity index (χ4v) is 3.13. The maximum Gasteiger partial charge on any atom is 0.229 e. The molecule has 4 rings (SSSR count). The van der Waals surface area contributed by atoms with E-state index in [2.05, 4.69) is 15.1 Å². The molecule has 3 heterocycles. The third-order valence-electron chi connectivity index (χ3n) is 4.52. The fraction of sp³-hybridized carbons (Fsp3) is 0.312. The molecule has 7 nitrogen and oxygen atoms in total. The van der Waals surface area contributed by atoms with E-state index in [0.29, 0.717) is 47.9 Å². The van der Waals surface area contributed by atoms with Gasteiger partial charge in [0, 0.05) is 13.6 Å². The SMILES string of the molecule is Cn1ncc2c(N)nc(N3CCC(O)(c4ccc(F)cc4)C3)nc21. The minimum absolute atomic E-state index is 0.321. The van der Waals surface area contributed by atoms with Crippen LogP contribution in [-0.2, 0) is 12.6 Å². The zero-order chi connectivity index (χ0) is 16.9. The molecule has 0 aliphatic carbocycles. The van der Waals surface area contributed by atoms with Gasteiger partial charge in [-0.1, -0.05) is 12.1 Å². The van der Waals surface area contributed by atoms with Crippen LogP contribution < -0.4 is 10.6 Å². The second kappa shape index (κ2) is 5.13. The summed E-state index contributed by atoms with van der Waals surface area (Å²) in [4.78, 5) is 10.7. The molecule has 1 aliphatic rings. The fourth-order valence-electron chi connectivity index (χ4n) is 3.13. The quantitative estimate of drug-likeness (QED) is 0.734. The van der Waals surface area contributed by atoms with E-state index in [-0.39, 0.29) is 5.82 Å². The molecule has 1 atom stereocenters. The van der Waals surface area contributed by atoms with Crippen molar-refractivity contribution in [2.24, 2.45) is 7.05 Å². The minimum atomic E-state index is -1.06. The summed E-state index contributed by atoms with van der Waals surface area (Å²) < 4.78 is 14.7. The first kappa shape index (κ1) is 14.8. The number of anilines is 2. The van der Waals surface area contributed by atoms with Crippen molar-refractivity contribution in [3.8, 4) is 0 Å². The van der Waals surface area contributed by atoms with Crippen molar-refractivity contribution < 1.29 is 9.50 Å². The molecule has 1 fully saturated rings. The Balaban J connectivity index is 1.67. The van der Waals surface area contributed by atoms with Gasteiger partial charge in [-0.25, -0.2) is 4.39 Å². The Hall–Kier alpha value is -2.74. The van der Waals surface area contributed by atoms with Crippen molar-refractivity contribution in [3.05, 3.63) is 41.8 Å². The molecule has 0 bridgehead atoms. The number of aryl methyl sites for hydroxylation is 1. The third kappa shape index (κ3) is 2.26. The molecule has 0 amide bonds. The van der Waals surface area contributed by atoms with E-state index < -0.39 is 5.60 Å². The molecule has 1 aliphatic heterocycles. The van der Waals surface area contributed by atoms with Crippen LogP contribution in [0.3, 0.4) is 0 Å². The minimum Gasteiger partial charge on any atom is -0.383 e. The normalized spacial score (nSPS) is 20.9. The van der Waals surface area contributed by atoms with Gasteiger partial charge in [0.2, 0.25) is 5.95 Å². The number of hydrogen-bond acceptors (Lipinski definition) is 6. The molecule has 0 radical (unpaired) electrons. The van der Waals surface area contributed by atoms with Crippen LogP contribution in [0.2, 0.25) is 0 Å². The first-order valence-electron chi connectivity index (χ1n) is 7.65. The Morgan fingerprint density at radius 2 is 2.00 bits per heavy atom. The van der Waals surface area contributed by atoms with Gasteiger partial charge in [0.1, 0.15) is 17.2 Å². The van der Waals surface area contributed by atoms with Gasteiger partial charge in [0.15, 0.2) is 5.65 Å². The highest BCUT2D eigenvalue weighted by Gasteiger charge is 2.39. The number of β-amino-alcohol motifs (C(OH)–C–C–N with tert-alkyl or cyclic N) is 1. The van der Waals surface area contributed by atoms with Gasteiger partial charge < -0.3 is 15.7 Å². The highest BCUT2D eigenvalue weighted by atomic mass is 19.1. The second-order valence-corrected chi connectivity index (χ2v) is 6.12. The summed E-state index contributed by atoms with van der Waals surface area (Å²) in [5, 5.41) is 15.8. The van der Waals surface area contributed by atoms with Gasteiger partial charge in [-0.2, -0.15) is 15.1 Å². The van der Waals surface area contributed by atoms with E-state index in [1.807, 2.05) is 4.90 Å². The summed E-state index contributed by atoms with van der Waals surface area (Å²) in [6.07, 6.45) is 2.14. The Bertz CT molecular complexity index is 909. The van der Waals surface area contributed by atoms with Crippen LogP contribution in [0, 0.1) is 5.82 Å². The van der Waals surface area contributed by atoms with Crippen LogP contribution in [0.4, 0.5) is 16.2 Å². The van der Waals surface area contributed by atoms with Gasteiger partial charge in [-0.15, -0.1) is 0 Å². The largest absolute Gasteiger partial charge is 0.383 e. The Morgan fingerprint density at radius 3 is 2.75 bits per heavy atom. The lowest BCUT2D eigenvalue weighted by Gasteiger charge is -2.24. The van der Waals surface area contributed by atoms with E-state index >= 15 is 0 Å². The molecular formula is C16H17FN6O. The number of fused-ring (bicyclic) bond motifs is 1. The van der Waals surface area contributed by atoms with Crippen LogP contribution >= 0.6 is 0 Å². The van der Waals surface area contributed by atoms with Crippen LogP contribution in [0.25, 0.3) is 11.0 Å².